The third-order valence-electron chi connectivity index (χ3n) is 4.24. The van der Waals surface area contributed by atoms with Crippen LogP contribution in [0.2, 0.25) is 10.0 Å². The van der Waals surface area contributed by atoms with E-state index in [-0.39, 0.29) is 6.10 Å². The van der Waals surface area contributed by atoms with E-state index >= 15 is 0 Å². The Morgan fingerprint density at radius 1 is 1.21 bits per heavy atom. The third kappa shape index (κ3) is 4.90. The van der Waals surface area contributed by atoms with Crippen LogP contribution in [0.1, 0.15) is 30.0 Å². The minimum Gasteiger partial charge on any atom is -0.481 e. The summed E-state index contributed by atoms with van der Waals surface area (Å²) in [6.45, 7) is 8.47. The zero-order valence-electron chi connectivity index (χ0n) is 15.7. The second-order valence-electron chi connectivity index (χ2n) is 6.29. The summed E-state index contributed by atoms with van der Waals surface area (Å²) in [5, 5.41) is 10.6. The van der Waals surface area contributed by atoms with Gasteiger partial charge in [0.2, 0.25) is 0 Å². The third-order valence-corrected chi connectivity index (χ3v) is 5.80. The van der Waals surface area contributed by atoms with Gasteiger partial charge >= 0.3 is 0 Å². The van der Waals surface area contributed by atoms with Crippen LogP contribution in [0.25, 0.3) is 0 Å². The molecular formula is C21H21Cl2N3OS. The van der Waals surface area contributed by atoms with Gasteiger partial charge < -0.3 is 4.74 Å². The summed E-state index contributed by atoms with van der Waals surface area (Å²) in [7, 11) is 0. The number of ether oxygens (including phenoxy) is 1. The molecule has 2 aromatic carbocycles. The summed E-state index contributed by atoms with van der Waals surface area (Å²) in [6, 6.07) is 13.5. The van der Waals surface area contributed by atoms with Crippen LogP contribution in [-0.4, -0.2) is 14.8 Å². The van der Waals surface area contributed by atoms with E-state index in [0.29, 0.717) is 28.2 Å². The molecule has 0 N–H and O–H groups in total. The lowest BCUT2D eigenvalue weighted by Gasteiger charge is -2.17. The SMILES string of the molecule is C=CCn1c(SCc2ccccc2C)nnc1C(C)Oc1cc(Cl)ccc1Cl. The molecule has 0 spiro atoms. The van der Waals surface area contributed by atoms with Gasteiger partial charge in [-0.05, 0) is 37.1 Å². The highest BCUT2D eigenvalue weighted by atomic mass is 35.5. The Kier molecular flexibility index (Phi) is 7.05. The highest BCUT2D eigenvalue weighted by molar-refractivity contribution is 7.98. The van der Waals surface area contributed by atoms with E-state index in [1.54, 1.807) is 30.0 Å². The summed E-state index contributed by atoms with van der Waals surface area (Å²) in [6.07, 6.45) is 1.47. The lowest BCUT2D eigenvalue weighted by Crippen LogP contribution is -2.12. The molecule has 1 heterocycles. The van der Waals surface area contributed by atoms with Crippen molar-refractivity contribution in [1.82, 2.24) is 14.8 Å². The number of aryl methyl sites for hydroxylation is 1. The van der Waals surface area contributed by atoms with Crippen LogP contribution >= 0.6 is 35.0 Å². The number of hydrogen-bond donors (Lipinski definition) is 0. The molecule has 0 saturated carbocycles. The van der Waals surface area contributed by atoms with Crippen molar-refractivity contribution in [3.63, 3.8) is 0 Å². The Bertz CT molecular complexity index is 974. The number of thioether (sulfide) groups is 1. The van der Waals surface area contributed by atoms with Crippen molar-refractivity contribution < 1.29 is 4.74 Å². The van der Waals surface area contributed by atoms with Gasteiger partial charge in [0.1, 0.15) is 5.75 Å². The molecule has 0 saturated heterocycles. The average Bonchev–Trinajstić information content (AvgIpc) is 3.07. The van der Waals surface area contributed by atoms with Gasteiger partial charge in [-0.2, -0.15) is 0 Å². The number of hydrogen-bond acceptors (Lipinski definition) is 4. The molecule has 7 heteroatoms. The molecular weight excluding hydrogens is 413 g/mol. The molecule has 0 aliphatic heterocycles. The number of aromatic nitrogens is 3. The smallest absolute Gasteiger partial charge is 0.191 e. The zero-order chi connectivity index (χ0) is 20.1. The van der Waals surface area contributed by atoms with E-state index in [1.807, 2.05) is 29.7 Å². The molecule has 1 unspecified atom stereocenters. The Balaban J connectivity index is 1.80. The Morgan fingerprint density at radius 3 is 2.75 bits per heavy atom. The molecule has 146 valence electrons. The molecule has 0 aliphatic rings. The normalized spacial score (nSPS) is 12.0. The lowest BCUT2D eigenvalue weighted by atomic mass is 10.1. The Labute approximate surface area is 179 Å². The molecule has 28 heavy (non-hydrogen) atoms. The molecule has 0 fully saturated rings. The van der Waals surface area contributed by atoms with Gasteiger partial charge in [0.15, 0.2) is 17.1 Å². The molecule has 4 nitrogen and oxygen atoms in total. The standard InChI is InChI=1S/C21H21Cl2N3OS/c1-4-11-26-20(15(3)27-19-12-17(22)9-10-18(19)23)24-25-21(26)28-13-16-8-6-5-7-14(16)2/h4-10,12,15H,1,11,13H2,2-3H3. The summed E-state index contributed by atoms with van der Waals surface area (Å²) in [5.41, 5.74) is 2.54. The molecule has 1 atom stereocenters. The summed E-state index contributed by atoms with van der Waals surface area (Å²) < 4.78 is 8.02. The fourth-order valence-electron chi connectivity index (χ4n) is 2.73. The van der Waals surface area contributed by atoms with Crippen molar-refractivity contribution in [3.05, 3.63) is 82.1 Å². The van der Waals surface area contributed by atoms with Crippen molar-refractivity contribution in [3.8, 4) is 5.75 Å². The largest absolute Gasteiger partial charge is 0.481 e. The zero-order valence-corrected chi connectivity index (χ0v) is 18.1. The molecule has 3 aromatic rings. The quantitative estimate of drug-likeness (QED) is 0.299. The van der Waals surface area contributed by atoms with E-state index in [4.69, 9.17) is 27.9 Å². The van der Waals surface area contributed by atoms with Gasteiger partial charge in [0, 0.05) is 23.4 Å². The van der Waals surface area contributed by atoms with Crippen LogP contribution in [-0.2, 0) is 12.3 Å². The predicted octanol–water partition coefficient (Wildman–Crippen LogP) is 6.51. The first-order chi connectivity index (χ1) is 13.5. The highest BCUT2D eigenvalue weighted by Gasteiger charge is 2.20. The van der Waals surface area contributed by atoms with Crippen LogP contribution in [0.4, 0.5) is 0 Å². The van der Waals surface area contributed by atoms with E-state index in [2.05, 4.69) is 35.8 Å². The maximum atomic E-state index is 6.22. The summed E-state index contributed by atoms with van der Waals surface area (Å²) in [5.74, 6) is 2.05. The van der Waals surface area contributed by atoms with Crippen molar-refractivity contribution in [2.24, 2.45) is 0 Å². The van der Waals surface area contributed by atoms with Gasteiger partial charge in [-0.1, -0.05) is 65.3 Å². The highest BCUT2D eigenvalue weighted by Crippen LogP contribution is 2.32. The van der Waals surface area contributed by atoms with Crippen LogP contribution in [0.3, 0.4) is 0 Å². The van der Waals surface area contributed by atoms with Gasteiger partial charge in [-0.3, -0.25) is 4.57 Å². The van der Waals surface area contributed by atoms with Gasteiger partial charge in [-0.25, -0.2) is 0 Å². The lowest BCUT2D eigenvalue weighted by molar-refractivity contribution is 0.210. The minimum atomic E-state index is -0.351. The van der Waals surface area contributed by atoms with Crippen molar-refractivity contribution in [2.45, 2.75) is 37.4 Å². The first-order valence-corrected chi connectivity index (χ1v) is 10.6. The van der Waals surface area contributed by atoms with Crippen LogP contribution in [0.5, 0.6) is 5.75 Å². The Hall–Kier alpha value is -1.95. The van der Waals surface area contributed by atoms with Crippen LogP contribution < -0.4 is 4.74 Å². The van der Waals surface area contributed by atoms with E-state index in [1.165, 1.54) is 11.1 Å². The first-order valence-electron chi connectivity index (χ1n) is 8.82. The second kappa shape index (κ2) is 9.50. The fraction of sp³-hybridized carbons (Fsp3) is 0.238. The predicted molar refractivity (Wildman–Crippen MR) is 116 cm³/mol. The van der Waals surface area contributed by atoms with Crippen LogP contribution in [0, 0.1) is 6.92 Å². The topological polar surface area (TPSA) is 39.9 Å². The maximum Gasteiger partial charge on any atom is 0.191 e. The Morgan fingerprint density at radius 2 is 2.00 bits per heavy atom. The number of rotatable bonds is 8. The molecule has 0 radical (unpaired) electrons. The molecule has 3 rings (SSSR count). The number of allylic oxidation sites excluding steroid dienone is 1. The van der Waals surface area contributed by atoms with Gasteiger partial charge in [0.25, 0.3) is 0 Å². The van der Waals surface area contributed by atoms with Crippen molar-refractivity contribution >= 4 is 35.0 Å². The molecule has 0 aliphatic carbocycles. The number of nitrogens with zero attached hydrogens (tertiary/aromatic N) is 3. The fourth-order valence-corrected chi connectivity index (χ4v) is 4.09. The molecule has 0 bridgehead atoms. The van der Waals surface area contributed by atoms with Gasteiger partial charge in [0.05, 0.1) is 5.02 Å². The molecule has 0 amide bonds. The van der Waals surface area contributed by atoms with Crippen molar-refractivity contribution in [1.29, 1.82) is 0 Å². The van der Waals surface area contributed by atoms with E-state index < -0.39 is 0 Å². The summed E-state index contributed by atoms with van der Waals surface area (Å²) in [4.78, 5) is 0. The van der Waals surface area contributed by atoms with E-state index in [9.17, 15) is 0 Å². The van der Waals surface area contributed by atoms with Crippen LogP contribution in [0.15, 0.2) is 60.3 Å². The first kappa shape index (κ1) is 20.8. The maximum absolute atomic E-state index is 6.22. The van der Waals surface area contributed by atoms with Gasteiger partial charge in [-0.15, -0.1) is 16.8 Å². The second-order valence-corrected chi connectivity index (χ2v) is 8.08. The number of benzene rings is 2. The monoisotopic (exact) mass is 433 g/mol. The van der Waals surface area contributed by atoms with Crippen molar-refractivity contribution in [2.75, 3.05) is 0 Å². The number of halogens is 2. The van der Waals surface area contributed by atoms with E-state index in [0.717, 1.165) is 10.9 Å². The summed E-state index contributed by atoms with van der Waals surface area (Å²) >= 11 is 13.9. The molecule has 1 aromatic heterocycles. The average molecular weight is 434 g/mol. The minimum absolute atomic E-state index is 0.351.